The number of carbonyl (C=O) groups excluding carboxylic acids is 1. The number of amides is 1. The monoisotopic (exact) mass is 310 g/mol. The average Bonchev–Trinajstić information content (AvgIpc) is 2.87. The van der Waals surface area contributed by atoms with Crippen molar-refractivity contribution >= 4 is 12.0 Å². The van der Waals surface area contributed by atoms with Crippen LogP contribution in [-0.4, -0.2) is 38.4 Å². The van der Waals surface area contributed by atoms with Gasteiger partial charge in [0.15, 0.2) is 0 Å². The fraction of sp³-hybridized carbons (Fsp3) is 0.389. The van der Waals surface area contributed by atoms with Crippen LogP contribution >= 0.6 is 0 Å². The smallest absolute Gasteiger partial charge is 0.274 e. The Balaban J connectivity index is 1.81. The molecule has 1 aliphatic heterocycles. The average molecular weight is 310 g/mol. The summed E-state index contributed by atoms with van der Waals surface area (Å²) in [5.41, 5.74) is 1.70. The zero-order valence-electron chi connectivity index (χ0n) is 13.4. The first-order chi connectivity index (χ1) is 11.3. The summed E-state index contributed by atoms with van der Waals surface area (Å²) in [5, 5.41) is 7.70. The summed E-state index contributed by atoms with van der Waals surface area (Å²) in [4.78, 5) is 14.8. The lowest BCUT2D eigenvalue weighted by atomic mass is 10.1. The van der Waals surface area contributed by atoms with Gasteiger partial charge in [-0.15, -0.1) is 5.10 Å². The highest BCUT2D eigenvalue weighted by Crippen LogP contribution is 2.21. The third kappa shape index (κ3) is 3.67. The zero-order valence-corrected chi connectivity index (χ0v) is 13.4. The topological polar surface area (TPSA) is 51.0 Å². The second-order valence-corrected chi connectivity index (χ2v) is 5.93. The molecule has 1 amide bonds. The van der Waals surface area contributed by atoms with E-state index in [1.807, 2.05) is 23.1 Å². The van der Waals surface area contributed by atoms with Gasteiger partial charge in [-0.25, -0.2) is 4.68 Å². The molecular formula is C18H22N4O. The Kier molecular flexibility index (Phi) is 4.86. The van der Waals surface area contributed by atoms with Crippen LogP contribution in [0.3, 0.4) is 0 Å². The molecule has 1 atom stereocenters. The molecule has 2 aromatic rings. The zero-order chi connectivity index (χ0) is 16.1. The Morgan fingerprint density at radius 2 is 2.04 bits per heavy atom. The van der Waals surface area contributed by atoms with Crippen LogP contribution in [0.15, 0.2) is 42.6 Å². The minimum atomic E-state index is 0.0158. The van der Waals surface area contributed by atoms with Crippen molar-refractivity contribution < 1.29 is 4.79 Å². The van der Waals surface area contributed by atoms with E-state index in [9.17, 15) is 4.79 Å². The molecular weight excluding hydrogens is 288 g/mol. The molecule has 0 spiro atoms. The van der Waals surface area contributed by atoms with E-state index in [-0.39, 0.29) is 11.9 Å². The quantitative estimate of drug-likeness (QED) is 0.876. The van der Waals surface area contributed by atoms with Crippen LogP contribution in [-0.2, 0) is 7.05 Å². The minimum absolute atomic E-state index is 0.0158. The molecule has 0 aliphatic carbocycles. The van der Waals surface area contributed by atoms with Gasteiger partial charge in [0.25, 0.3) is 5.91 Å². The molecule has 0 radical (unpaired) electrons. The van der Waals surface area contributed by atoms with Crippen molar-refractivity contribution in [3.63, 3.8) is 0 Å². The van der Waals surface area contributed by atoms with E-state index in [0.29, 0.717) is 5.69 Å². The van der Waals surface area contributed by atoms with Gasteiger partial charge in [0.2, 0.25) is 0 Å². The molecule has 2 heterocycles. The number of carbonyl (C=O) groups is 1. The Morgan fingerprint density at radius 3 is 2.78 bits per heavy atom. The number of likely N-dealkylation sites (tertiary alicyclic amines) is 1. The van der Waals surface area contributed by atoms with E-state index >= 15 is 0 Å². The highest BCUT2D eigenvalue weighted by molar-refractivity contribution is 5.92. The van der Waals surface area contributed by atoms with Gasteiger partial charge in [-0.05, 0) is 18.4 Å². The summed E-state index contributed by atoms with van der Waals surface area (Å²) < 4.78 is 1.55. The van der Waals surface area contributed by atoms with Gasteiger partial charge in [0, 0.05) is 13.6 Å². The molecule has 1 unspecified atom stereocenters. The van der Waals surface area contributed by atoms with E-state index in [0.717, 1.165) is 31.4 Å². The Labute approximate surface area is 136 Å². The molecule has 1 aromatic carbocycles. The predicted molar refractivity (Wildman–Crippen MR) is 89.8 cm³/mol. The van der Waals surface area contributed by atoms with Crippen molar-refractivity contribution in [2.75, 3.05) is 6.54 Å². The molecule has 120 valence electrons. The standard InChI is InChI=1S/C18H22N4O/c1-21-17(14-19-20-21)18(23)22-13-7-3-6-10-16(22)12-11-15-8-4-2-5-9-15/h2,4-5,8-9,11-12,14,16H,3,6-7,10,13H2,1H3. The molecule has 0 N–H and O–H groups in total. The van der Waals surface area contributed by atoms with Crippen LogP contribution in [0.1, 0.15) is 41.7 Å². The molecule has 23 heavy (non-hydrogen) atoms. The van der Waals surface area contributed by atoms with Gasteiger partial charge in [-0.2, -0.15) is 0 Å². The lowest BCUT2D eigenvalue weighted by Crippen LogP contribution is -2.39. The van der Waals surface area contributed by atoms with Gasteiger partial charge in [0.1, 0.15) is 5.69 Å². The number of benzene rings is 1. The maximum atomic E-state index is 12.8. The molecule has 1 aromatic heterocycles. The molecule has 1 aliphatic rings. The SMILES string of the molecule is Cn1nncc1C(=O)N1CCCCCC1C=Cc1ccccc1. The van der Waals surface area contributed by atoms with Crippen molar-refractivity contribution in [1.29, 1.82) is 0 Å². The van der Waals surface area contributed by atoms with Gasteiger partial charge < -0.3 is 4.90 Å². The van der Waals surface area contributed by atoms with E-state index in [1.54, 1.807) is 17.9 Å². The maximum Gasteiger partial charge on any atom is 0.274 e. The largest absolute Gasteiger partial charge is 0.331 e. The number of aryl methyl sites for hydroxylation is 1. The first kappa shape index (κ1) is 15.5. The summed E-state index contributed by atoms with van der Waals surface area (Å²) in [6, 6.07) is 10.3. The van der Waals surface area contributed by atoms with Crippen molar-refractivity contribution in [3.05, 3.63) is 53.9 Å². The summed E-state index contributed by atoms with van der Waals surface area (Å²) in [7, 11) is 1.76. The van der Waals surface area contributed by atoms with Crippen LogP contribution in [0.25, 0.3) is 6.08 Å². The second-order valence-electron chi connectivity index (χ2n) is 5.93. The number of aromatic nitrogens is 3. The van der Waals surface area contributed by atoms with Gasteiger partial charge >= 0.3 is 0 Å². The van der Waals surface area contributed by atoms with Gasteiger partial charge in [0.05, 0.1) is 12.2 Å². The number of nitrogens with zero attached hydrogens (tertiary/aromatic N) is 4. The van der Waals surface area contributed by atoms with Crippen LogP contribution in [0, 0.1) is 0 Å². The van der Waals surface area contributed by atoms with E-state index in [2.05, 4.69) is 34.6 Å². The van der Waals surface area contributed by atoms with E-state index in [4.69, 9.17) is 0 Å². The highest BCUT2D eigenvalue weighted by atomic mass is 16.2. The molecule has 0 saturated carbocycles. The highest BCUT2D eigenvalue weighted by Gasteiger charge is 2.26. The third-order valence-electron chi connectivity index (χ3n) is 4.30. The summed E-state index contributed by atoms with van der Waals surface area (Å²) in [6.45, 7) is 0.786. The van der Waals surface area contributed by atoms with Crippen LogP contribution in [0.4, 0.5) is 0 Å². The van der Waals surface area contributed by atoms with Crippen molar-refractivity contribution in [3.8, 4) is 0 Å². The van der Waals surface area contributed by atoms with Crippen molar-refractivity contribution in [1.82, 2.24) is 19.9 Å². The fourth-order valence-electron chi connectivity index (χ4n) is 3.00. The third-order valence-corrected chi connectivity index (χ3v) is 4.30. The molecule has 3 rings (SSSR count). The van der Waals surface area contributed by atoms with Crippen LogP contribution in [0.5, 0.6) is 0 Å². The minimum Gasteiger partial charge on any atom is -0.331 e. The Bertz CT molecular complexity index is 677. The van der Waals surface area contributed by atoms with Crippen molar-refractivity contribution in [2.45, 2.75) is 31.7 Å². The summed E-state index contributed by atoms with van der Waals surface area (Å²) >= 11 is 0. The molecule has 5 nitrogen and oxygen atoms in total. The number of rotatable bonds is 3. The van der Waals surface area contributed by atoms with Gasteiger partial charge in [-0.1, -0.05) is 60.5 Å². The van der Waals surface area contributed by atoms with Crippen molar-refractivity contribution in [2.24, 2.45) is 7.05 Å². The molecule has 1 saturated heterocycles. The second kappa shape index (κ2) is 7.22. The van der Waals surface area contributed by atoms with E-state index < -0.39 is 0 Å². The normalized spacial score (nSPS) is 19.0. The molecule has 0 bridgehead atoms. The predicted octanol–water partition coefficient (Wildman–Crippen LogP) is 2.91. The number of hydrogen-bond acceptors (Lipinski definition) is 3. The van der Waals surface area contributed by atoms with E-state index in [1.165, 1.54) is 6.42 Å². The lowest BCUT2D eigenvalue weighted by Gasteiger charge is -2.27. The Hall–Kier alpha value is -2.43. The maximum absolute atomic E-state index is 12.8. The Morgan fingerprint density at radius 1 is 1.22 bits per heavy atom. The van der Waals surface area contributed by atoms with Gasteiger partial charge in [-0.3, -0.25) is 4.79 Å². The summed E-state index contributed by atoms with van der Waals surface area (Å²) in [5.74, 6) is 0.0158. The number of hydrogen-bond donors (Lipinski definition) is 0. The fourth-order valence-corrected chi connectivity index (χ4v) is 3.00. The molecule has 1 fully saturated rings. The van der Waals surface area contributed by atoms with Crippen LogP contribution in [0.2, 0.25) is 0 Å². The van der Waals surface area contributed by atoms with Crippen LogP contribution < -0.4 is 0 Å². The lowest BCUT2D eigenvalue weighted by molar-refractivity contribution is 0.0707. The molecule has 5 heteroatoms. The first-order valence-corrected chi connectivity index (χ1v) is 8.14. The summed E-state index contributed by atoms with van der Waals surface area (Å²) in [6.07, 6.45) is 10.2. The first-order valence-electron chi connectivity index (χ1n) is 8.14.